The van der Waals surface area contributed by atoms with Crippen molar-refractivity contribution in [3.63, 3.8) is 0 Å². The molecule has 0 atom stereocenters. The molecule has 76 valence electrons. The average molecular weight is 196 g/mol. The predicted octanol–water partition coefficient (Wildman–Crippen LogP) is 2.10. The monoisotopic (exact) mass is 196 g/mol. The van der Waals surface area contributed by atoms with Gasteiger partial charge in [-0.25, -0.2) is 9.18 Å². The van der Waals surface area contributed by atoms with Crippen molar-refractivity contribution in [2.75, 3.05) is 13.3 Å². The molecule has 0 aliphatic carbocycles. The Labute approximate surface area is 74.4 Å². The number of ether oxygens (including phenoxy) is 1. The standard InChI is InChI=1S/C8H11F3O2/c1-3-4-13-7(12)6(2)8(10,11)5-9/h2-5H2,1H3. The number of halogens is 3. The molecule has 5 heteroatoms. The largest absolute Gasteiger partial charge is 0.462 e. The number of carbonyl (C=O) groups excluding carboxylic acids is 1. The van der Waals surface area contributed by atoms with E-state index >= 15 is 0 Å². The zero-order chi connectivity index (χ0) is 10.5. The molecule has 0 aromatic heterocycles. The summed E-state index contributed by atoms with van der Waals surface area (Å²) in [5, 5.41) is 0. The molecular weight excluding hydrogens is 185 g/mol. The first kappa shape index (κ1) is 12.0. The van der Waals surface area contributed by atoms with E-state index in [4.69, 9.17) is 0 Å². The highest BCUT2D eigenvalue weighted by atomic mass is 19.3. The molecule has 0 aromatic rings. The molecule has 0 N–H and O–H groups in total. The van der Waals surface area contributed by atoms with Gasteiger partial charge < -0.3 is 4.74 Å². The van der Waals surface area contributed by atoms with Crippen LogP contribution in [0.4, 0.5) is 13.2 Å². The van der Waals surface area contributed by atoms with Gasteiger partial charge in [-0.15, -0.1) is 0 Å². The van der Waals surface area contributed by atoms with Gasteiger partial charge in [-0.1, -0.05) is 13.5 Å². The van der Waals surface area contributed by atoms with Crippen LogP contribution in [0.3, 0.4) is 0 Å². The third-order valence-electron chi connectivity index (χ3n) is 1.29. The second-order valence-electron chi connectivity index (χ2n) is 2.45. The highest BCUT2D eigenvalue weighted by molar-refractivity contribution is 5.89. The van der Waals surface area contributed by atoms with Crippen molar-refractivity contribution in [3.05, 3.63) is 12.2 Å². The fraction of sp³-hybridized carbons (Fsp3) is 0.625. The Balaban J connectivity index is 4.18. The maximum absolute atomic E-state index is 12.4. The molecule has 0 unspecified atom stereocenters. The molecule has 0 fully saturated rings. The van der Waals surface area contributed by atoms with E-state index < -0.39 is 24.1 Å². The lowest BCUT2D eigenvalue weighted by Crippen LogP contribution is -2.28. The first-order chi connectivity index (χ1) is 5.95. The normalized spacial score (nSPS) is 11.1. The van der Waals surface area contributed by atoms with Crippen LogP contribution in [-0.4, -0.2) is 25.2 Å². The van der Waals surface area contributed by atoms with Crippen LogP contribution in [0.25, 0.3) is 0 Å². The molecule has 0 spiro atoms. The van der Waals surface area contributed by atoms with E-state index in [1.54, 1.807) is 6.92 Å². The van der Waals surface area contributed by atoms with Gasteiger partial charge in [0.15, 0.2) is 6.67 Å². The van der Waals surface area contributed by atoms with Crippen LogP contribution in [0.5, 0.6) is 0 Å². The van der Waals surface area contributed by atoms with Crippen LogP contribution in [0, 0.1) is 0 Å². The predicted molar refractivity (Wildman–Crippen MR) is 41.3 cm³/mol. The summed E-state index contributed by atoms with van der Waals surface area (Å²) in [5.41, 5.74) is -1.14. The van der Waals surface area contributed by atoms with E-state index in [9.17, 15) is 18.0 Å². The molecule has 0 saturated heterocycles. The first-order valence-corrected chi connectivity index (χ1v) is 3.76. The fourth-order valence-electron chi connectivity index (χ4n) is 0.512. The number of hydrogen-bond donors (Lipinski definition) is 0. The lowest BCUT2D eigenvalue weighted by molar-refractivity contribution is -0.143. The Morgan fingerprint density at radius 3 is 2.46 bits per heavy atom. The van der Waals surface area contributed by atoms with Crippen LogP contribution >= 0.6 is 0 Å². The average Bonchev–Trinajstić information content (AvgIpc) is 2.12. The Morgan fingerprint density at radius 2 is 2.08 bits per heavy atom. The molecule has 0 bridgehead atoms. The van der Waals surface area contributed by atoms with Crippen LogP contribution in [0.15, 0.2) is 12.2 Å². The van der Waals surface area contributed by atoms with E-state index in [0.29, 0.717) is 6.42 Å². The van der Waals surface area contributed by atoms with Crippen molar-refractivity contribution < 1.29 is 22.7 Å². The number of rotatable bonds is 5. The Hall–Kier alpha value is -1.00. The minimum absolute atomic E-state index is 0.0280. The topological polar surface area (TPSA) is 26.3 Å². The highest BCUT2D eigenvalue weighted by Gasteiger charge is 2.38. The van der Waals surface area contributed by atoms with Gasteiger partial charge in [-0.3, -0.25) is 0 Å². The minimum atomic E-state index is -3.81. The lowest BCUT2D eigenvalue weighted by Gasteiger charge is -2.13. The van der Waals surface area contributed by atoms with E-state index in [1.165, 1.54) is 0 Å². The smallest absolute Gasteiger partial charge is 0.339 e. The zero-order valence-electron chi connectivity index (χ0n) is 7.28. The van der Waals surface area contributed by atoms with E-state index in [-0.39, 0.29) is 6.61 Å². The van der Waals surface area contributed by atoms with Crippen molar-refractivity contribution in [3.8, 4) is 0 Å². The highest BCUT2D eigenvalue weighted by Crippen LogP contribution is 2.24. The summed E-state index contributed by atoms with van der Waals surface area (Å²) >= 11 is 0. The summed E-state index contributed by atoms with van der Waals surface area (Å²) in [6.45, 7) is 2.59. The summed E-state index contributed by atoms with van der Waals surface area (Å²) in [6.07, 6.45) is 0.514. The minimum Gasteiger partial charge on any atom is -0.462 e. The maximum atomic E-state index is 12.4. The molecule has 0 heterocycles. The van der Waals surface area contributed by atoms with Crippen LogP contribution in [-0.2, 0) is 9.53 Å². The number of carbonyl (C=O) groups is 1. The summed E-state index contributed by atoms with van der Waals surface area (Å²) in [7, 11) is 0. The molecule has 0 aliphatic heterocycles. The van der Waals surface area contributed by atoms with E-state index in [2.05, 4.69) is 11.3 Å². The van der Waals surface area contributed by atoms with Crippen molar-refractivity contribution in [1.29, 1.82) is 0 Å². The molecule has 13 heavy (non-hydrogen) atoms. The molecule has 0 rings (SSSR count). The summed E-state index contributed by atoms with van der Waals surface area (Å²) in [4.78, 5) is 10.7. The number of alkyl halides is 3. The second kappa shape index (κ2) is 4.89. The lowest BCUT2D eigenvalue weighted by atomic mass is 10.2. The first-order valence-electron chi connectivity index (χ1n) is 3.76. The summed E-state index contributed by atoms with van der Waals surface area (Å²) in [6, 6.07) is 0. The van der Waals surface area contributed by atoms with Crippen molar-refractivity contribution >= 4 is 5.97 Å². The number of hydrogen-bond acceptors (Lipinski definition) is 2. The van der Waals surface area contributed by atoms with Crippen molar-refractivity contribution in [2.45, 2.75) is 19.3 Å². The fourth-order valence-corrected chi connectivity index (χ4v) is 0.512. The molecule has 0 radical (unpaired) electrons. The summed E-state index contributed by atoms with van der Waals surface area (Å²) in [5.74, 6) is -5.06. The van der Waals surface area contributed by atoms with Gasteiger partial charge >= 0.3 is 11.9 Å². The van der Waals surface area contributed by atoms with Crippen molar-refractivity contribution in [1.82, 2.24) is 0 Å². The van der Waals surface area contributed by atoms with E-state index in [1.807, 2.05) is 0 Å². The molecule has 0 amide bonds. The zero-order valence-corrected chi connectivity index (χ0v) is 7.28. The number of esters is 1. The van der Waals surface area contributed by atoms with Crippen LogP contribution in [0.2, 0.25) is 0 Å². The molecule has 0 saturated carbocycles. The maximum Gasteiger partial charge on any atom is 0.339 e. The molecule has 2 nitrogen and oxygen atoms in total. The van der Waals surface area contributed by atoms with Crippen LogP contribution < -0.4 is 0 Å². The Bertz CT molecular complexity index is 202. The quantitative estimate of drug-likeness (QED) is 0.497. The van der Waals surface area contributed by atoms with Gasteiger partial charge in [-0.05, 0) is 6.42 Å². The Kier molecular flexibility index (Phi) is 4.51. The van der Waals surface area contributed by atoms with Crippen molar-refractivity contribution in [2.24, 2.45) is 0 Å². The molecular formula is C8H11F3O2. The van der Waals surface area contributed by atoms with Gasteiger partial charge in [0.05, 0.1) is 6.61 Å². The van der Waals surface area contributed by atoms with Gasteiger partial charge in [-0.2, -0.15) is 8.78 Å². The third kappa shape index (κ3) is 3.48. The van der Waals surface area contributed by atoms with Gasteiger partial charge in [0.1, 0.15) is 5.57 Å². The second-order valence-corrected chi connectivity index (χ2v) is 2.45. The van der Waals surface area contributed by atoms with E-state index in [0.717, 1.165) is 0 Å². The Morgan fingerprint density at radius 1 is 1.54 bits per heavy atom. The summed E-state index contributed by atoms with van der Waals surface area (Å²) < 4.78 is 40.9. The SMILES string of the molecule is C=C(C(=O)OCCC)C(F)(F)CF. The van der Waals surface area contributed by atoms with Crippen LogP contribution in [0.1, 0.15) is 13.3 Å². The van der Waals surface area contributed by atoms with Gasteiger partial charge in [0.2, 0.25) is 0 Å². The van der Waals surface area contributed by atoms with Gasteiger partial charge in [0, 0.05) is 0 Å². The van der Waals surface area contributed by atoms with Gasteiger partial charge in [0.25, 0.3) is 0 Å². The molecule has 0 aromatic carbocycles. The third-order valence-corrected chi connectivity index (χ3v) is 1.29. The molecule has 0 aliphatic rings.